The van der Waals surface area contributed by atoms with Gasteiger partial charge in [-0.2, -0.15) is 0 Å². The van der Waals surface area contributed by atoms with Crippen LogP contribution in [0.5, 0.6) is 11.5 Å². The number of likely N-dealkylation sites (N-methyl/N-ethyl adjacent to an activating group) is 1. The highest BCUT2D eigenvalue weighted by molar-refractivity contribution is 5.79. The molecule has 2 aromatic rings. The van der Waals surface area contributed by atoms with Crippen molar-refractivity contribution in [3.63, 3.8) is 0 Å². The molecule has 2 aromatic carbocycles. The van der Waals surface area contributed by atoms with E-state index in [4.69, 9.17) is 9.47 Å². The van der Waals surface area contributed by atoms with Crippen LogP contribution in [0.15, 0.2) is 53.5 Å². The molecular weight excluding hydrogens is 404 g/mol. The number of aliphatic imine (C=N–C) groups is 1. The molecule has 0 unspecified atom stereocenters. The first-order chi connectivity index (χ1) is 15.6. The Kier molecular flexibility index (Phi) is 11.5. The number of hydrogen-bond acceptors (Lipinski definition) is 4. The predicted molar refractivity (Wildman–Crippen MR) is 129 cm³/mol. The predicted octanol–water partition coefficient (Wildman–Crippen LogP) is 3.29. The fourth-order valence-electron chi connectivity index (χ4n) is 3.10. The highest BCUT2D eigenvalue weighted by Gasteiger charge is 2.03. The standard InChI is InChI=1S/C25H36N4O3/c1-4-26-24(30)19-32-23-11-8-10-21(17-23)18-29-25(27-5-2)28-16-7-6-9-20-12-14-22(31-3)15-13-20/h8,10-15,17H,4-7,9,16,18-19H2,1-3H3,(H,26,30)(H2,27,28,29). The van der Waals surface area contributed by atoms with Gasteiger partial charge in [0.05, 0.1) is 13.7 Å². The molecule has 7 heteroatoms. The van der Waals surface area contributed by atoms with Crippen molar-refractivity contribution in [3.8, 4) is 11.5 Å². The van der Waals surface area contributed by atoms with Gasteiger partial charge in [0.15, 0.2) is 12.6 Å². The van der Waals surface area contributed by atoms with Crippen LogP contribution in [0.25, 0.3) is 0 Å². The number of rotatable bonds is 13. The van der Waals surface area contributed by atoms with Gasteiger partial charge >= 0.3 is 0 Å². The van der Waals surface area contributed by atoms with Gasteiger partial charge in [0.2, 0.25) is 0 Å². The maximum atomic E-state index is 11.6. The monoisotopic (exact) mass is 440 g/mol. The largest absolute Gasteiger partial charge is 0.497 e. The smallest absolute Gasteiger partial charge is 0.257 e. The van der Waals surface area contributed by atoms with Crippen LogP contribution in [-0.4, -0.2) is 45.2 Å². The van der Waals surface area contributed by atoms with E-state index in [0.29, 0.717) is 18.8 Å². The lowest BCUT2D eigenvalue weighted by atomic mass is 10.1. The molecule has 0 heterocycles. The van der Waals surface area contributed by atoms with Crippen LogP contribution in [0.4, 0.5) is 0 Å². The molecule has 2 rings (SSSR count). The highest BCUT2D eigenvalue weighted by Crippen LogP contribution is 2.14. The Morgan fingerprint density at radius 2 is 1.69 bits per heavy atom. The molecule has 0 atom stereocenters. The summed E-state index contributed by atoms with van der Waals surface area (Å²) in [5.41, 5.74) is 2.34. The normalized spacial score (nSPS) is 11.0. The Morgan fingerprint density at radius 1 is 0.906 bits per heavy atom. The average Bonchev–Trinajstić information content (AvgIpc) is 2.82. The number of aryl methyl sites for hydroxylation is 1. The van der Waals surface area contributed by atoms with Crippen molar-refractivity contribution in [2.75, 3.05) is 33.4 Å². The fourth-order valence-corrected chi connectivity index (χ4v) is 3.10. The minimum absolute atomic E-state index is 0.0152. The van der Waals surface area contributed by atoms with Gasteiger partial charge in [-0.25, -0.2) is 4.99 Å². The summed E-state index contributed by atoms with van der Waals surface area (Å²) in [4.78, 5) is 16.2. The Balaban J connectivity index is 1.76. The topological polar surface area (TPSA) is 84.0 Å². The molecule has 0 saturated heterocycles. The summed E-state index contributed by atoms with van der Waals surface area (Å²) < 4.78 is 10.8. The van der Waals surface area contributed by atoms with Gasteiger partial charge in [-0.1, -0.05) is 24.3 Å². The number of unbranched alkanes of at least 4 members (excludes halogenated alkanes) is 1. The van der Waals surface area contributed by atoms with Crippen LogP contribution in [0.2, 0.25) is 0 Å². The molecule has 174 valence electrons. The summed E-state index contributed by atoms with van der Waals surface area (Å²) in [6.07, 6.45) is 3.20. The number of methoxy groups -OCH3 is 1. The SMILES string of the molecule is CCNC(=O)COc1cccc(CN=C(NCC)NCCCCc2ccc(OC)cc2)c1. The summed E-state index contributed by atoms with van der Waals surface area (Å²) in [5, 5.41) is 9.40. The molecule has 0 fully saturated rings. The number of carbonyl (C=O) groups excluding carboxylic acids is 1. The molecule has 0 aliphatic heterocycles. The first kappa shape index (κ1) is 25.0. The maximum Gasteiger partial charge on any atom is 0.257 e. The van der Waals surface area contributed by atoms with E-state index in [-0.39, 0.29) is 12.5 Å². The molecule has 0 radical (unpaired) electrons. The summed E-state index contributed by atoms with van der Waals surface area (Å²) in [7, 11) is 1.68. The Morgan fingerprint density at radius 3 is 2.41 bits per heavy atom. The fraction of sp³-hybridized carbons (Fsp3) is 0.440. The van der Waals surface area contributed by atoms with Crippen molar-refractivity contribution in [3.05, 3.63) is 59.7 Å². The Hall–Kier alpha value is -3.22. The lowest BCUT2D eigenvalue weighted by molar-refractivity contribution is -0.122. The number of nitrogens with zero attached hydrogens (tertiary/aromatic N) is 1. The maximum absolute atomic E-state index is 11.6. The molecule has 0 aliphatic rings. The number of carbonyl (C=O) groups is 1. The lowest BCUT2D eigenvalue weighted by Crippen LogP contribution is -2.37. The number of hydrogen-bond donors (Lipinski definition) is 3. The van der Waals surface area contributed by atoms with Crippen LogP contribution in [-0.2, 0) is 17.8 Å². The van der Waals surface area contributed by atoms with Crippen LogP contribution in [0, 0.1) is 0 Å². The molecule has 32 heavy (non-hydrogen) atoms. The zero-order chi connectivity index (χ0) is 23.0. The Labute approximate surface area is 191 Å². The highest BCUT2D eigenvalue weighted by atomic mass is 16.5. The van der Waals surface area contributed by atoms with E-state index in [1.54, 1.807) is 7.11 Å². The van der Waals surface area contributed by atoms with Gasteiger partial charge in [-0.15, -0.1) is 0 Å². The molecule has 0 bridgehead atoms. The minimum Gasteiger partial charge on any atom is -0.497 e. The zero-order valence-corrected chi connectivity index (χ0v) is 19.4. The van der Waals surface area contributed by atoms with Gasteiger partial charge in [0.25, 0.3) is 5.91 Å². The van der Waals surface area contributed by atoms with Gasteiger partial charge in [0.1, 0.15) is 11.5 Å². The van der Waals surface area contributed by atoms with Gasteiger partial charge < -0.3 is 25.4 Å². The third kappa shape index (κ3) is 9.73. The van der Waals surface area contributed by atoms with E-state index in [1.165, 1.54) is 5.56 Å². The van der Waals surface area contributed by atoms with Gasteiger partial charge in [0, 0.05) is 19.6 Å². The van der Waals surface area contributed by atoms with E-state index in [2.05, 4.69) is 40.0 Å². The molecule has 1 amide bonds. The van der Waals surface area contributed by atoms with Crippen molar-refractivity contribution in [1.82, 2.24) is 16.0 Å². The van der Waals surface area contributed by atoms with Gasteiger partial charge in [-0.05, 0) is 68.5 Å². The summed E-state index contributed by atoms with van der Waals surface area (Å²) in [6.45, 7) is 6.73. The van der Waals surface area contributed by atoms with Crippen molar-refractivity contribution in [2.45, 2.75) is 39.7 Å². The first-order valence-corrected chi connectivity index (χ1v) is 11.3. The molecule has 0 aromatic heterocycles. The zero-order valence-electron chi connectivity index (χ0n) is 19.4. The number of guanidine groups is 1. The van der Waals surface area contributed by atoms with Crippen LogP contribution in [0.3, 0.4) is 0 Å². The first-order valence-electron chi connectivity index (χ1n) is 11.3. The lowest BCUT2D eigenvalue weighted by Gasteiger charge is -2.12. The molecule has 7 nitrogen and oxygen atoms in total. The van der Waals surface area contributed by atoms with E-state index in [1.807, 2.05) is 43.3 Å². The van der Waals surface area contributed by atoms with Crippen molar-refractivity contribution >= 4 is 11.9 Å². The molecule has 0 saturated carbocycles. The quantitative estimate of drug-likeness (QED) is 0.253. The Bertz CT molecular complexity index is 837. The second kappa shape index (κ2) is 14.7. The van der Waals surface area contributed by atoms with E-state index in [9.17, 15) is 4.79 Å². The van der Waals surface area contributed by atoms with Crippen molar-refractivity contribution in [1.29, 1.82) is 0 Å². The number of benzene rings is 2. The molecule has 0 aliphatic carbocycles. The molecule has 0 spiro atoms. The van der Waals surface area contributed by atoms with Crippen molar-refractivity contribution in [2.24, 2.45) is 4.99 Å². The summed E-state index contributed by atoms with van der Waals surface area (Å²) in [5.74, 6) is 2.23. The number of ether oxygens (including phenoxy) is 2. The second-order valence-electron chi connectivity index (χ2n) is 7.32. The second-order valence-corrected chi connectivity index (χ2v) is 7.32. The summed E-state index contributed by atoms with van der Waals surface area (Å²) >= 11 is 0. The molecular formula is C25H36N4O3. The molecule has 3 N–H and O–H groups in total. The number of amides is 1. The average molecular weight is 441 g/mol. The van der Waals surface area contributed by atoms with Crippen LogP contribution in [0.1, 0.15) is 37.8 Å². The van der Waals surface area contributed by atoms with E-state index < -0.39 is 0 Å². The third-order valence-corrected chi connectivity index (χ3v) is 4.75. The third-order valence-electron chi connectivity index (χ3n) is 4.75. The summed E-state index contributed by atoms with van der Waals surface area (Å²) in [6, 6.07) is 15.9. The minimum atomic E-state index is -0.124. The van der Waals surface area contributed by atoms with Crippen molar-refractivity contribution < 1.29 is 14.3 Å². The van der Waals surface area contributed by atoms with Crippen LogP contribution < -0.4 is 25.4 Å². The number of nitrogens with one attached hydrogen (secondary N) is 3. The van der Waals surface area contributed by atoms with Crippen LogP contribution >= 0.6 is 0 Å². The van der Waals surface area contributed by atoms with Gasteiger partial charge in [-0.3, -0.25) is 4.79 Å². The van der Waals surface area contributed by atoms with E-state index >= 15 is 0 Å². The van der Waals surface area contributed by atoms with E-state index in [0.717, 1.165) is 49.6 Å².